The molecule has 64 heavy (non-hydrogen) atoms. The molecule has 16 heteroatoms. The standard InChI is InChI=1S/C48H54N12O3S/c1-3-4-22-62-36-15-12-33(13-16-36)44-53-37-17-14-35(25-38(37)54-44)45-55-39-24-34(41(26-40(39)56-45)60-20-18-59(2)19-21-60)7-5-6-23-64-29-42(61)50-27-31-8-10-32(11-9-31)28-63-47-43-46(52-30-51-43)57-48(49)58-47/h8-17,24-26,30H,3-7,18-23,27-29H2,1-2H3,(H,50,61)(H,53,54)(H,55,56)(H3,49,51,52,57,58). The molecular weight excluding hydrogens is 825 g/mol. The Morgan fingerprint density at radius 3 is 2.38 bits per heavy atom. The molecule has 0 spiro atoms. The monoisotopic (exact) mass is 878 g/mol. The molecule has 0 unspecified atom stereocenters. The van der Waals surface area contributed by atoms with Gasteiger partial charge in [0, 0.05) is 49.5 Å². The number of amides is 1. The molecular formula is C48H54N12O3S. The Morgan fingerprint density at radius 2 is 1.56 bits per heavy atom. The Hall–Kier alpha value is -6.65. The number of likely N-dealkylation sites (N-methyl/N-ethyl adjacent to an activating group) is 1. The SMILES string of the molecule is CCCCOc1ccc(-c2nc3ccc(-c4nc5cc(N6CCN(C)CC6)c(CCCCSCC(=O)NCc6ccc(COc7nc(N)nc8nc[nH]c78)cc6)cc5[nH]4)cc3[nH]2)cc1. The van der Waals surface area contributed by atoms with Crippen LogP contribution in [0.15, 0.2) is 85.2 Å². The number of aryl methyl sites for hydroxylation is 1. The lowest BCUT2D eigenvalue weighted by Gasteiger charge is -2.35. The number of benzene rings is 4. The van der Waals surface area contributed by atoms with Crippen LogP contribution in [0.4, 0.5) is 11.6 Å². The van der Waals surface area contributed by atoms with Gasteiger partial charge in [0.1, 0.15) is 29.5 Å². The Kier molecular flexibility index (Phi) is 13.2. The molecule has 0 radical (unpaired) electrons. The number of carbonyl (C=O) groups excluding carboxylic acids is 1. The third-order valence-electron chi connectivity index (χ3n) is 11.6. The summed E-state index contributed by atoms with van der Waals surface area (Å²) in [5.41, 5.74) is 17.3. The summed E-state index contributed by atoms with van der Waals surface area (Å²) in [5, 5.41) is 3.06. The van der Waals surface area contributed by atoms with E-state index < -0.39 is 0 Å². The third kappa shape index (κ3) is 10.2. The summed E-state index contributed by atoms with van der Waals surface area (Å²) in [6.07, 6.45) is 6.69. The van der Waals surface area contributed by atoms with Gasteiger partial charge in [-0.1, -0.05) is 37.6 Å². The maximum absolute atomic E-state index is 12.7. The predicted octanol–water partition coefficient (Wildman–Crippen LogP) is 7.90. The van der Waals surface area contributed by atoms with Crippen LogP contribution in [0.3, 0.4) is 0 Å². The lowest BCUT2D eigenvalue weighted by Crippen LogP contribution is -2.44. The van der Waals surface area contributed by atoms with Gasteiger partial charge >= 0.3 is 0 Å². The van der Waals surface area contributed by atoms with E-state index in [1.807, 2.05) is 36.4 Å². The molecule has 5 heterocycles. The number of unbranched alkanes of at least 4 members (excludes halogenated alkanes) is 2. The largest absolute Gasteiger partial charge is 0.494 e. The van der Waals surface area contributed by atoms with Gasteiger partial charge in [0.2, 0.25) is 17.7 Å². The van der Waals surface area contributed by atoms with Gasteiger partial charge < -0.3 is 45.3 Å². The number of hydrogen-bond donors (Lipinski definition) is 5. The molecule has 330 valence electrons. The fourth-order valence-electron chi connectivity index (χ4n) is 7.87. The van der Waals surface area contributed by atoms with Crippen molar-refractivity contribution in [1.82, 2.24) is 50.1 Å². The third-order valence-corrected chi connectivity index (χ3v) is 12.6. The van der Waals surface area contributed by atoms with E-state index in [2.05, 4.69) is 101 Å². The number of H-pyrrole nitrogens is 3. The molecule has 15 nitrogen and oxygen atoms in total. The second-order valence-electron chi connectivity index (χ2n) is 16.3. The summed E-state index contributed by atoms with van der Waals surface area (Å²) < 4.78 is 11.7. The van der Waals surface area contributed by atoms with Crippen LogP contribution >= 0.6 is 11.8 Å². The fraction of sp³-hybridized carbons (Fsp3) is 0.333. The number of nitrogens with zero attached hydrogens (tertiary/aromatic N) is 7. The molecule has 0 bridgehead atoms. The van der Waals surface area contributed by atoms with Crippen LogP contribution in [0.2, 0.25) is 0 Å². The van der Waals surface area contributed by atoms with Gasteiger partial charge in [-0.3, -0.25) is 4.79 Å². The lowest BCUT2D eigenvalue weighted by molar-refractivity contribution is -0.118. The summed E-state index contributed by atoms with van der Waals surface area (Å²) in [4.78, 5) is 50.2. The Labute approximate surface area is 376 Å². The van der Waals surface area contributed by atoms with E-state index in [1.54, 1.807) is 11.8 Å². The second kappa shape index (κ2) is 19.8. The van der Waals surface area contributed by atoms with E-state index in [-0.39, 0.29) is 11.9 Å². The molecule has 1 aliphatic heterocycles. The van der Waals surface area contributed by atoms with Crippen molar-refractivity contribution >= 4 is 62.5 Å². The number of aromatic nitrogens is 8. The first-order valence-corrected chi connectivity index (χ1v) is 23.2. The highest BCUT2D eigenvalue weighted by atomic mass is 32.2. The molecule has 4 aromatic carbocycles. The van der Waals surface area contributed by atoms with Gasteiger partial charge in [-0.25, -0.2) is 15.0 Å². The summed E-state index contributed by atoms with van der Waals surface area (Å²) in [7, 11) is 2.19. The molecule has 1 saturated heterocycles. The Balaban J connectivity index is 0.773. The van der Waals surface area contributed by atoms with E-state index in [1.165, 1.54) is 17.6 Å². The average molecular weight is 879 g/mol. The number of anilines is 2. The van der Waals surface area contributed by atoms with Gasteiger partial charge in [0.05, 0.1) is 40.8 Å². The normalized spacial score (nSPS) is 13.3. The van der Waals surface area contributed by atoms with Crippen LogP contribution in [0.5, 0.6) is 11.6 Å². The Morgan fingerprint density at radius 1 is 0.812 bits per heavy atom. The topological polar surface area (TPSA) is 192 Å². The minimum Gasteiger partial charge on any atom is -0.494 e. The number of carbonyl (C=O) groups is 1. The van der Waals surface area contributed by atoms with E-state index in [0.29, 0.717) is 35.9 Å². The van der Waals surface area contributed by atoms with Gasteiger partial charge in [-0.05, 0) is 110 Å². The van der Waals surface area contributed by atoms with E-state index in [4.69, 9.17) is 25.2 Å². The number of aromatic amines is 3. The molecule has 1 fully saturated rings. The number of nitrogens with two attached hydrogens (primary N) is 1. The van der Waals surface area contributed by atoms with Crippen LogP contribution in [-0.4, -0.2) is 102 Å². The van der Waals surface area contributed by atoms with Crippen molar-refractivity contribution in [1.29, 1.82) is 0 Å². The zero-order valence-electron chi connectivity index (χ0n) is 36.3. The first kappa shape index (κ1) is 42.6. The molecule has 4 aromatic heterocycles. The average Bonchev–Trinajstić information content (AvgIpc) is 4.08. The van der Waals surface area contributed by atoms with Crippen molar-refractivity contribution in [2.45, 2.75) is 52.2 Å². The number of hydrogen-bond acceptors (Lipinski definition) is 12. The molecule has 8 aromatic rings. The van der Waals surface area contributed by atoms with Crippen molar-refractivity contribution < 1.29 is 14.3 Å². The molecule has 6 N–H and O–H groups in total. The molecule has 0 saturated carbocycles. The zero-order chi connectivity index (χ0) is 43.8. The minimum atomic E-state index is 0.0330. The van der Waals surface area contributed by atoms with Crippen LogP contribution in [0, 0.1) is 0 Å². The lowest BCUT2D eigenvalue weighted by atomic mass is 10.0. The van der Waals surface area contributed by atoms with E-state index >= 15 is 0 Å². The van der Waals surface area contributed by atoms with E-state index in [9.17, 15) is 4.79 Å². The van der Waals surface area contributed by atoms with Crippen LogP contribution in [-0.2, 0) is 24.4 Å². The van der Waals surface area contributed by atoms with Gasteiger partial charge in [0.25, 0.3) is 0 Å². The van der Waals surface area contributed by atoms with Gasteiger partial charge in [0.15, 0.2) is 5.65 Å². The Bertz CT molecular complexity index is 2830. The fourth-order valence-corrected chi connectivity index (χ4v) is 8.71. The smallest absolute Gasteiger partial charge is 0.245 e. The van der Waals surface area contributed by atoms with Crippen molar-refractivity contribution in [2.75, 3.05) is 62.0 Å². The van der Waals surface area contributed by atoms with Crippen LogP contribution in [0.1, 0.15) is 49.3 Å². The molecule has 9 rings (SSSR count). The van der Waals surface area contributed by atoms with Crippen molar-refractivity contribution in [3.05, 3.63) is 102 Å². The highest BCUT2D eigenvalue weighted by molar-refractivity contribution is 7.99. The maximum atomic E-state index is 12.7. The number of fused-ring (bicyclic) bond motifs is 3. The first-order chi connectivity index (χ1) is 31.3. The minimum absolute atomic E-state index is 0.0330. The summed E-state index contributed by atoms with van der Waals surface area (Å²) in [6.45, 7) is 7.70. The predicted molar refractivity (Wildman–Crippen MR) is 256 cm³/mol. The quantitative estimate of drug-likeness (QED) is 0.0494. The maximum Gasteiger partial charge on any atom is 0.245 e. The number of piperazine rings is 1. The first-order valence-electron chi connectivity index (χ1n) is 22.1. The molecule has 0 atom stereocenters. The van der Waals surface area contributed by atoms with E-state index in [0.717, 1.165) is 132 Å². The number of rotatable bonds is 19. The number of nitrogens with one attached hydrogen (secondary N) is 4. The zero-order valence-corrected chi connectivity index (χ0v) is 37.1. The molecule has 1 aliphatic rings. The second-order valence-corrected chi connectivity index (χ2v) is 17.4. The van der Waals surface area contributed by atoms with Crippen LogP contribution < -0.4 is 25.4 Å². The van der Waals surface area contributed by atoms with Gasteiger partial charge in [-0.2, -0.15) is 21.7 Å². The number of ether oxygens (including phenoxy) is 2. The number of nitrogen functional groups attached to an aromatic ring is 1. The van der Waals surface area contributed by atoms with Crippen molar-refractivity contribution in [2.24, 2.45) is 0 Å². The highest BCUT2D eigenvalue weighted by Gasteiger charge is 2.20. The number of thioether (sulfide) groups is 1. The summed E-state index contributed by atoms with van der Waals surface area (Å²) >= 11 is 1.68. The molecule has 1 amide bonds. The molecule has 0 aliphatic carbocycles. The van der Waals surface area contributed by atoms with Crippen LogP contribution in [0.25, 0.3) is 56.0 Å². The number of imidazole rings is 3. The highest BCUT2D eigenvalue weighted by Crippen LogP contribution is 2.32. The summed E-state index contributed by atoms with van der Waals surface area (Å²) in [6, 6.07) is 26.9. The van der Waals surface area contributed by atoms with Gasteiger partial charge in [-0.15, -0.1) is 0 Å². The summed E-state index contributed by atoms with van der Waals surface area (Å²) in [5.74, 6) is 4.38. The van der Waals surface area contributed by atoms with Crippen molar-refractivity contribution in [3.63, 3.8) is 0 Å². The van der Waals surface area contributed by atoms with Crippen molar-refractivity contribution in [3.8, 4) is 34.4 Å².